The molecule has 0 aliphatic rings. The van der Waals surface area contributed by atoms with Crippen molar-refractivity contribution < 1.29 is 13.9 Å². The lowest BCUT2D eigenvalue weighted by Crippen LogP contribution is -2.13. The lowest BCUT2D eigenvalue weighted by Gasteiger charge is -2.06. The Labute approximate surface area is 126 Å². The predicted octanol–water partition coefficient (Wildman–Crippen LogP) is 4.32. The van der Waals surface area contributed by atoms with Crippen molar-refractivity contribution in [2.45, 2.75) is 6.42 Å². The van der Waals surface area contributed by atoms with Crippen molar-refractivity contribution in [3.63, 3.8) is 0 Å². The van der Waals surface area contributed by atoms with Crippen molar-refractivity contribution in [1.29, 1.82) is 0 Å². The molecule has 2 rings (SSSR count). The summed E-state index contributed by atoms with van der Waals surface area (Å²) < 4.78 is 18.1. The minimum Gasteiger partial charge on any atom is -0.486 e. The summed E-state index contributed by atoms with van der Waals surface area (Å²) in [6, 6.07) is 10.5. The molecule has 0 aromatic heterocycles. The summed E-state index contributed by atoms with van der Waals surface area (Å²) >= 11 is 11.7. The number of ketones is 1. The first kappa shape index (κ1) is 14.8. The third kappa shape index (κ3) is 4.51. The van der Waals surface area contributed by atoms with E-state index in [9.17, 15) is 9.18 Å². The van der Waals surface area contributed by atoms with Crippen LogP contribution in [0.2, 0.25) is 10.0 Å². The maximum Gasteiger partial charge on any atom is 0.174 e. The minimum absolute atomic E-state index is 0.0892. The molecule has 0 aliphatic carbocycles. The average Bonchev–Trinajstić information content (AvgIpc) is 2.38. The van der Waals surface area contributed by atoms with Crippen LogP contribution in [0.15, 0.2) is 42.5 Å². The Balaban J connectivity index is 1.90. The first-order valence-corrected chi connectivity index (χ1v) is 6.63. The van der Waals surface area contributed by atoms with E-state index in [1.54, 1.807) is 30.3 Å². The largest absolute Gasteiger partial charge is 0.486 e. The second-order valence-electron chi connectivity index (χ2n) is 4.24. The van der Waals surface area contributed by atoms with Crippen molar-refractivity contribution in [1.82, 2.24) is 0 Å². The Morgan fingerprint density at radius 1 is 1.05 bits per heavy atom. The van der Waals surface area contributed by atoms with Gasteiger partial charge in [-0.25, -0.2) is 4.39 Å². The van der Waals surface area contributed by atoms with Gasteiger partial charge in [0, 0.05) is 16.5 Å². The van der Waals surface area contributed by atoms with E-state index >= 15 is 0 Å². The highest BCUT2D eigenvalue weighted by atomic mass is 35.5. The van der Waals surface area contributed by atoms with Gasteiger partial charge in [-0.1, -0.05) is 35.3 Å². The Bertz CT molecular complexity index is 592. The molecule has 0 unspecified atom stereocenters. The van der Waals surface area contributed by atoms with Gasteiger partial charge in [-0.2, -0.15) is 0 Å². The molecule has 20 heavy (non-hydrogen) atoms. The fraction of sp³-hybridized carbons (Fsp3) is 0.133. The first-order chi connectivity index (χ1) is 9.52. The second kappa shape index (κ2) is 6.73. The third-order valence-electron chi connectivity index (χ3n) is 2.55. The van der Waals surface area contributed by atoms with E-state index in [1.165, 1.54) is 12.1 Å². The Kier molecular flexibility index (Phi) is 4.99. The maximum absolute atomic E-state index is 12.7. The molecule has 0 spiro atoms. The van der Waals surface area contributed by atoms with Gasteiger partial charge in [0.15, 0.2) is 5.78 Å². The summed E-state index contributed by atoms with van der Waals surface area (Å²) in [4.78, 5) is 11.8. The monoisotopic (exact) mass is 312 g/mol. The van der Waals surface area contributed by atoms with Gasteiger partial charge in [0.1, 0.15) is 18.2 Å². The number of hydrogen-bond acceptors (Lipinski definition) is 2. The van der Waals surface area contributed by atoms with E-state index in [-0.39, 0.29) is 24.6 Å². The number of ether oxygens (including phenoxy) is 1. The smallest absolute Gasteiger partial charge is 0.174 e. The van der Waals surface area contributed by atoms with Crippen LogP contribution in [0.3, 0.4) is 0 Å². The predicted molar refractivity (Wildman–Crippen MR) is 77.1 cm³/mol. The number of carbonyl (C=O) groups is 1. The highest BCUT2D eigenvalue weighted by molar-refractivity contribution is 6.34. The molecule has 0 N–H and O–H groups in total. The zero-order chi connectivity index (χ0) is 14.5. The number of rotatable bonds is 5. The SMILES string of the molecule is O=C(COc1cc(Cl)cc(Cl)c1)Cc1ccc(F)cc1. The molecular formula is C15H11Cl2FO2. The van der Waals surface area contributed by atoms with E-state index in [0.717, 1.165) is 5.56 Å². The fourth-order valence-corrected chi connectivity index (χ4v) is 2.16. The van der Waals surface area contributed by atoms with Gasteiger partial charge >= 0.3 is 0 Å². The molecule has 2 aromatic rings. The zero-order valence-corrected chi connectivity index (χ0v) is 11.9. The van der Waals surface area contributed by atoms with Crippen LogP contribution in [0, 0.1) is 5.82 Å². The number of carbonyl (C=O) groups excluding carboxylic acids is 1. The van der Waals surface area contributed by atoms with Gasteiger partial charge in [-0.05, 0) is 35.9 Å². The van der Waals surface area contributed by atoms with Crippen LogP contribution in [0.5, 0.6) is 5.75 Å². The topological polar surface area (TPSA) is 26.3 Å². The summed E-state index contributed by atoms with van der Waals surface area (Å²) in [6.07, 6.45) is 0.189. The maximum atomic E-state index is 12.7. The molecule has 104 valence electrons. The van der Waals surface area contributed by atoms with Crippen LogP contribution in [0.1, 0.15) is 5.56 Å². The van der Waals surface area contributed by atoms with Gasteiger partial charge in [0.2, 0.25) is 0 Å². The molecule has 0 aliphatic heterocycles. The number of benzene rings is 2. The van der Waals surface area contributed by atoms with Gasteiger partial charge in [0.05, 0.1) is 0 Å². The summed E-state index contributed by atoms with van der Waals surface area (Å²) in [6.45, 7) is -0.0892. The minimum atomic E-state index is -0.328. The summed E-state index contributed by atoms with van der Waals surface area (Å²) in [5.74, 6) is -0.00585. The van der Waals surface area contributed by atoms with Crippen LogP contribution in [-0.2, 0) is 11.2 Å². The van der Waals surface area contributed by atoms with E-state index in [1.807, 2.05) is 0 Å². The number of Topliss-reactive ketones (excluding diaryl/α,β-unsaturated/α-hetero) is 1. The molecule has 0 radical (unpaired) electrons. The van der Waals surface area contributed by atoms with Crippen molar-refractivity contribution >= 4 is 29.0 Å². The molecule has 2 aromatic carbocycles. The normalized spacial score (nSPS) is 10.3. The van der Waals surface area contributed by atoms with E-state index in [4.69, 9.17) is 27.9 Å². The van der Waals surface area contributed by atoms with Gasteiger partial charge < -0.3 is 4.74 Å². The van der Waals surface area contributed by atoms with Crippen LogP contribution in [-0.4, -0.2) is 12.4 Å². The number of hydrogen-bond donors (Lipinski definition) is 0. The molecule has 2 nitrogen and oxygen atoms in total. The van der Waals surface area contributed by atoms with Crippen LogP contribution in [0.4, 0.5) is 4.39 Å². The summed E-state index contributed by atoms with van der Waals surface area (Å²) in [5.41, 5.74) is 0.740. The van der Waals surface area contributed by atoms with E-state index in [0.29, 0.717) is 15.8 Å². The van der Waals surface area contributed by atoms with Gasteiger partial charge in [-0.3, -0.25) is 4.79 Å². The molecule has 0 saturated heterocycles. The van der Waals surface area contributed by atoms with Gasteiger partial charge in [0.25, 0.3) is 0 Å². The Hall–Kier alpha value is -1.58. The standard InChI is InChI=1S/C15H11Cl2FO2/c16-11-6-12(17)8-15(7-11)20-9-14(19)5-10-1-3-13(18)4-2-10/h1-4,6-8H,5,9H2. The molecule has 0 bridgehead atoms. The van der Waals surface area contributed by atoms with E-state index in [2.05, 4.69) is 0 Å². The molecule has 0 heterocycles. The molecule has 0 saturated carbocycles. The fourth-order valence-electron chi connectivity index (χ4n) is 1.66. The van der Waals surface area contributed by atoms with Crippen molar-refractivity contribution in [3.8, 4) is 5.75 Å². The molecular weight excluding hydrogens is 302 g/mol. The van der Waals surface area contributed by atoms with Crippen LogP contribution in [0.25, 0.3) is 0 Å². The van der Waals surface area contributed by atoms with Crippen LogP contribution < -0.4 is 4.74 Å². The Morgan fingerprint density at radius 2 is 1.65 bits per heavy atom. The molecule has 5 heteroatoms. The second-order valence-corrected chi connectivity index (χ2v) is 5.11. The third-order valence-corrected chi connectivity index (χ3v) is 2.99. The molecule has 0 amide bonds. The first-order valence-electron chi connectivity index (χ1n) is 5.88. The lowest BCUT2D eigenvalue weighted by atomic mass is 10.1. The van der Waals surface area contributed by atoms with Crippen LogP contribution >= 0.6 is 23.2 Å². The lowest BCUT2D eigenvalue weighted by molar-refractivity contribution is -0.120. The Morgan fingerprint density at radius 3 is 2.25 bits per heavy atom. The summed E-state index contributed by atoms with van der Waals surface area (Å²) in [7, 11) is 0. The van der Waals surface area contributed by atoms with Crippen molar-refractivity contribution in [2.24, 2.45) is 0 Å². The number of halogens is 3. The average molecular weight is 313 g/mol. The quantitative estimate of drug-likeness (QED) is 0.821. The summed E-state index contributed by atoms with van der Waals surface area (Å²) in [5, 5.41) is 0.886. The molecule has 0 fully saturated rings. The highest BCUT2D eigenvalue weighted by Crippen LogP contribution is 2.24. The zero-order valence-electron chi connectivity index (χ0n) is 10.4. The van der Waals surface area contributed by atoms with Crippen molar-refractivity contribution in [3.05, 3.63) is 63.9 Å². The highest BCUT2D eigenvalue weighted by Gasteiger charge is 2.06. The molecule has 0 atom stereocenters. The van der Waals surface area contributed by atoms with Crippen molar-refractivity contribution in [2.75, 3.05) is 6.61 Å². The van der Waals surface area contributed by atoms with Gasteiger partial charge in [-0.15, -0.1) is 0 Å². The van der Waals surface area contributed by atoms with E-state index < -0.39 is 0 Å².